The quantitative estimate of drug-likeness (QED) is 0.705. The average molecular weight is 208 g/mol. The molecule has 0 aliphatic heterocycles. The smallest absolute Gasteiger partial charge is 0.0487 e. The summed E-state index contributed by atoms with van der Waals surface area (Å²) in [5, 5.41) is 9.28. The Morgan fingerprint density at radius 1 is 1.33 bits per heavy atom. The third kappa shape index (κ3) is 1.75. The van der Waals surface area contributed by atoms with E-state index in [-0.39, 0.29) is 5.41 Å². The van der Waals surface area contributed by atoms with E-state index in [1.54, 1.807) is 5.57 Å². The topological polar surface area (TPSA) is 20.2 Å². The molecule has 2 aliphatic rings. The zero-order chi connectivity index (χ0) is 11.3. The SMILES string of the molecule is CC1=CC[C@H](CC2CC2(C)CO)C1(C)C. The molecule has 0 radical (unpaired) electrons. The van der Waals surface area contributed by atoms with Gasteiger partial charge in [0.2, 0.25) is 0 Å². The zero-order valence-corrected chi connectivity index (χ0v) is 10.5. The Morgan fingerprint density at radius 2 is 2.00 bits per heavy atom. The number of aliphatic hydroxyl groups excluding tert-OH is 1. The normalized spacial score (nSPS) is 42.9. The molecule has 0 aromatic rings. The van der Waals surface area contributed by atoms with E-state index in [1.165, 1.54) is 19.3 Å². The van der Waals surface area contributed by atoms with Crippen molar-refractivity contribution in [3.8, 4) is 0 Å². The van der Waals surface area contributed by atoms with Crippen LogP contribution in [0.3, 0.4) is 0 Å². The highest BCUT2D eigenvalue weighted by Crippen LogP contribution is 2.58. The summed E-state index contributed by atoms with van der Waals surface area (Å²) in [7, 11) is 0. The summed E-state index contributed by atoms with van der Waals surface area (Å²) < 4.78 is 0. The molecule has 1 N–H and O–H groups in total. The lowest BCUT2D eigenvalue weighted by atomic mass is 9.75. The van der Waals surface area contributed by atoms with Crippen molar-refractivity contribution in [2.24, 2.45) is 22.7 Å². The Kier molecular flexibility index (Phi) is 2.50. The van der Waals surface area contributed by atoms with Crippen LogP contribution < -0.4 is 0 Å². The van der Waals surface area contributed by atoms with Gasteiger partial charge >= 0.3 is 0 Å². The standard InChI is InChI=1S/C14H24O/c1-10-5-6-11(13(10,2)3)7-12-8-14(12,4)9-15/h5,11-12,15H,6-9H2,1-4H3/t11-,12?,14?/m1/s1. The van der Waals surface area contributed by atoms with E-state index in [4.69, 9.17) is 0 Å². The van der Waals surface area contributed by atoms with Gasteiger partial charge in [-0.05, 0) is 48.9 Å². The van der Waals surface area contributed by atoms with Crippen molar-refractivity contribution >= 4 is 0 Å². The number of hydrogen-bond donors (Lipinski definition) is 1. The van der Waals surface area contributed by atoms with Crippen molar-refractivity contribution in [2.75, 3.05) is 6.61 Å². The predicted octanol–water partition coefficient (Wildman–Crippen LogP) is 3.39. The van der Waals surface area contributed by atoms with Crippen LogP contribution in [0.2, 0.25) is 0 Å². The van der Waals surface area contributed by atoms with Gasteiger partial charge in [0.1, 0.15) is 0 Å². The minimum Gasteiger partial charge on any atom is -0.396 e. The molecular formula is C14H24O. The Morgan fingerprint density at radius 3 is 2.40 bits per heavy atom. The van der Waals surface area contributed by atoms with E-state index in [2.05, 4.69) is 33.8 Å². The van der Waals surface area contributed by atoms with E-state index in [9.17, 15) is 5.11 Å². The molecule has 2 aliphatic carbocycles. The minimum atomic E-state index is 0.257. The lowest BCUT2D eigenvalue weighted by molar-refractivity contribution is 0.192. The molecule has 1 nitrogen and oxygen atoms in total. The van der Waals surface area contributed by atoms with E-state index < -0.39 is 0 Å². The van der Waals surface area contributed by atoms with Gasteiger partial charge in [-0.25, -0.2) is 0 Å². The monoisotopic (exact) mass is 208 g/mol. The summed E-state index contributed by atoms with van der Waals surface area (Å²) in [6.45, 7) is 9.60. The second kappa shape index (κ2) is 3.35. The molecule has 0 aromatic heterocycles. The fourth-order valence-corrected chi connectivity index (χ4v) is 3.00. The first kappa shape index (κ1) is 11.2. The molecule has 15 heavy (non-hydrogen) atoms. The highest BCUT2D eigenvalue weighted by atomic mass is 16.3. The van der Waals surface area contributed by atoms with Gasteiger partial charge in [-0.3, -0.25) is 0 Å². The van der Waals surface area contributed by atoms with Crippen LogP contribution in [-0.4, -0.2) is 11.7 Å². The molecule has 0 heterocycles. The van der Waals surface area contributed by atoms with Crippen molar-refractivity contribution in [2.45, 2.75) is 47.0 Å². The van der Waals surface area contributed by atoms with E-state index in [0.29, 0.717) is 12.0 Å². The molecule has 0 spiro atoms. The zero-order valence-electron chi connectivity index (χ0n) is 10.5. The van der Waals surface area contributed by atoms with Gasteiger partial charge < -0.3 is 5.11 Å². The van der Waals surface area contributed by atoms with Gasteiger partial charge in [-0.2, -0.15) is 0 Å². The van der Waals surface area contributed by atoms with Gasteiger partial charge in [0, 0.05) is 6.61 Å². The Hall–Kier alpha value is -0.300. The van der Waals surface area contributed by atoms with Crippen LogP contribution >= 0.6 is 0 Å². The third-order valence-electron chi connectivity index (χ3n) is 5.21. The molecule has 86 valence electrons. The molecule has 0 amide bonds. The maximum Gasteiger partial charge on any atom is 0.0487 e. The first-order valence-corrected chi connectivity index (χ1v) is 6.18. The number of rotatable bonds is 3. The van der Waals surface area contributed by atoms with Crippen LogP contribution in [0.5, 0.6) is 0 Å². The molecule has 0 bridgehead atoms. The fraction of sp³-hybridized carbons (Fsp3) is 0.857. The molecule has 2 unspecified atom stereocenters. The first-order chi connectivity index (χ1) is 6.90. The van der Waals surface area contributed by atoms with Crippen LogP contribution in [0, 0.1) is 22.7 Å². The van der Waals surface area contributed by atoms with Gasteiger partial charge in [0.25, 0.3) is 0 Å². The second-order valence-corrected chi connectivity index (χ2v) is 6.49. The summed E-state index contributed by atoms with van der Waals surface area (Å²) in [4.78, 5) is 0. The largest absolute Gasteiger partial charge is 0.396 e. The third-order valence-corrected chi connectivity index (χ3v) is 5.21. The first-order valence-electron chi connectivity index (χ1n) is 6.18. The van der Waals surface area contributed by atoms with Crippen LogP contribution in [-0.2, 0) is 0 Å². The molecule has 0 aromatic carbocycles. The van der Waals surface area contributed by atoms with Crippen LogP contribution in [0.15, 0.2) is 11.6 Å². The second-order valence-electron chi connectivity index (χ2n) is 6.49. The van der Waals surface area contributed by atoms with Gasteiger partial charge in [-0.1, -0.05) is 32.4 Å². The summed E-state index contributed by atoms with van der Waals surface area (Å²) in [5.74, 6) is 1.57. The average Bonchev–Trinajstić information content (AvgIpc) is 2.76. The van der Waals surface area contributed by atoms with Crippen molar-refractivity contribution in [1.82, 2.24) is 0 Å². The number of allylic oxidation sites excluding steroid dienone is 2. The number of hydrogen-bond acceptors (Lipinski definition) is 1. The maximum atomic E-state index is 9.28. The van der Waals surface area contributed by atoms with Crippen LogP contribution in [0.1, 0.15) is 47.0 Å². The number of aliphatic hydroxyl groups is 1. The molecule has 2 rings (SSSR count). The lowest BCUT2D eigenvalue weighted by Gasteiger charge is -2.30. The molecule has 1 saturated carbocycles. The summed E-state index contributed by atoms with van der Waals surface area (Å²) >= 11 is 0. The fourth-order valence-electron chi connectivity index (χ4n) is 3.00. The summed E-state index contributed by atoms with van der Waals surface area (Å²) in [5.41, 5.74) is 2.20. The Bertz CT molecular complexity index is 290. The Labute approximate surface area is 93.6 Å². The highest BCUT2D eigenvalue weighted by Gasteiger charge is 2.51. The Balaban J connectivity index is 1.94. The highest BCUT2D eigenvalue weighted by molar-refractivity contribution is 5.19. The van der Waals surface area contributed by atoms with Crippen molar-refractivity contribution in [3.05, 3.63) is 11.6 Å². The van der Waals surface area contributed by atoms with Gasteiger partial charge in [0.15, 0.2) is 0 Å². The van der Waals surface area contributed by atoms with Crippen LogP contribution in [0.25, 0.3) is 0 Å². The molecule has 3 atom stereocenters. The van der Waals surface area contributed by atoms with E-state index in [0.717, 1.165) is 11.8 Å². The molecule has 1 fully saturated rings. The molecule has 1 heteroatoms. The van der Waals surface area contributed by atoms with Gasteiger partial charge in [0.05, 0.1) is 0 Å². The van der Waals surface area contributed by atoms with Crippen LogP contribution in [0.4, 0.5) is 0 Å². The minimum absolute atomic E-state index is 0.257. The van der Waals surface area contributed by atoms with E-state index in [1.807, 2.05) is 0 Å². The maximum absolute atomic E-state index is 9.28. The summed E-state index contributed by atoms with van der Waals surface area (Å²) in [6, 6.07) is 0. The van der Waals surface area contributed by atoms with Crippen molar-refractivity contribution in [3.63, 3.8) is 0 Å². The summed E-state index contributed by atoms with van der Waals surface area (Å²) in [6.07, 6.45) is 6.19. The van der Waals surface area contributed by atoms with E-state index >= 15 is 0 Å². The van der Waals surface area contributed by atoms with Gasteiger partial charge in [-0.15, -0.1) is 0 Å². The lowest BCUT2D eigenvalue weighted by Crippen LogP contribution is -2.22. The van der Waals surface area contributed by atoms with Crippen molar-refractivity contribution < 1.29 is 5.11 Å². The predicted molar refractivity (Wildman–Crippen MR) is 63.6 cm³/mol. The van der Waals surface area contributed by atoms with Crippen molar-refractivity contribution in [1.29, 1.82) is 0 Å². The molecular weight excluding hydrogens is 184 g/mol. The molecule has 0 saturated heterocycles.